The lowest BCUT2D eigenvalue weighted by Gasteiger charge is -2.28. The Labute approximate surface area is 97.0 Å². The van der Waals surface area contributed by atoms with E-state index in [0.717, 1.165) is 18.7 Å². The quantitative estimate of drug-likeness (QED) is 0.676. The van der Waals surface area contributed by atoms with Crippen LogP contribution < -0.4 is 5.32 Å². The summed E-state index contributed by atoms with van der Waals surface area (Å²) < 4.78 is 0. The molecule has 0 amide bonds. The van der Waals surface area contributed by atoms with Crippen LogP contribution >= 0.6 is 11.8 Å². The molecular weight excluding hydrogens is 210 g/mol. The number of hydrogen-bond donors (Lipinski definition) is 2. The van der Waals surface area contributed by atoms with Gasteiger partial charge in [0.15, 0.2) is 0 Å². The molecule has 0 rings (SSSR count). The Morgan fingerprint density at radius 2 is 2.13 bits per heavy atom. The van der Waals surface area contributed by atoms with Crippen LogP contribution in [0.1, 0.15) is 40.5 Å². The summed E-state index contributed by atoms with van der Waals surface area (Å²) in [7, 11) is 0. The van der Waals surface area contributed by atoms with E-state index in [0.29, 0.717) is 11.7 Å². The summed E-state index contributed by atoms with van der Waals surface area (Å²) >= 11 is 1.81. The molecule has 0 fully saturated rings. The third kappa shape index (κ3) is 5.42. The van der Waals surface area contributed by atoms with Crippen molar-refractivity contribution >= 4 is 17.7 Å². The average Bonchev–Trinajstić information content (AvgIpc) is 2.14. The van der Waals surface area contributed by atoms with Gasteiger partial charge in [-0.1, -0.05) is 20.8 Å². The van der Waals surface area contributed by atoms with Gasteiger partial charge in [0.2, 0.25) is 0 Å². The van der Waals surface area contributed by atoms with Crippen molar-refractivity contribution in [2.45, 2.75) is 51.3 Å². The molecule has 3 nitrogen and oxygen atoms in total. The van der Waals surface area contributed by atoms with Gasteiger partial charge in [-0.25, -0.2) is 0 Å². The Hall–Kier alpha value is -0.220. The number of carboxylic acid groups (broad SMARTS) is 1. The molecule has 2 atom stereocenters. The van der Waals surface area contributed by atoms with Gasteiger partial charge in [-0.3, -0.25) is 4.79 Å². The van der Waals surface area contributed by atoms with Crippen LogP contribution in [-0.4, -0.2) is 34.2 Å². The predicted octanol–water partition coefficient (Wildman–Crippen LogP) is 2.36. The van der Waals surface area contributed by atoms with Crippen molar-refractivity contribution in [2.75, 3.05) is 12.3 Å². The standard InChI is InChI=1S/C11H23NO2S/c1-5-7-12-11(4,10(13)14)8-9(3)15-6-2/h9,12H,5-8H2,1-4H3,(H,13,14). The average molecular weight is 233 g/mol. The van der Waals surface area contributed by atoms with Crippen molar-refractivity contribution in [3.63, 3.8) is 0 Å². The first-order chi connectivity index (χ1) is 6.96. The van der Waals surface area contributed by atoms with Crippen molar-refractivity contribution in [1.29, 1.82) is 0 Å². The Kier molecular flexibility index (Phi) is 7.02. The normalized spacial score (nSPS) is 17.1. The number of hydrogen-bond acceptors (Lipinski definition) is 3. The van der Waals surface area contributed by atoms with E-state index in [2.05, 4.69) is 19.2 Å². The van der Waals surface area contributed by atoms with Crippen LogP contribution in [0.3, 0.4) is 0 Å². The molecule has 0 saturated carbocycles. The van der Waals surface area contributed by atoms with E-state index in [1.807, 2.05) is 6.92 Å². The number of rotatable bonds is 8. The molecule has 0 heterocycles. The van der Waals surface area contributed by atoms with Crippen molar-refractivity contribution in [3.8, 4) is 0 Å². The number of nitrogens with one attached hydrogen (secondary N) is 1. The van der Waals surface area contributed by atoms with Crippen molar-refractivity contribution in [3.05, 3.63) is 0 Å². The second-order valence-corrected chi connectivity index (χ2v) is 5.75. The minimum atomic E-state index is -0.780. The molecule has 4 heteroatoms. The maximum atomic E-state index is 11.2. The smallest absolute Gasteiger partial charge is 0.323 e. The molecule has 2 unspecified atom stereocenters. The Bertz CT molecular complexity index is 199. The van der Waals surface area contributed by atoms with E-state index >= 15 is 0 Å². The maximum Gasteiger partial charge on any atom is 0.323 e. The number of carbonyl (C=O) groups is 1. The second kappa shape index (κ2) is 7.12. The fourth-order valence-electron chi connectivity index (χ4n) is 1.55. The van der Waals surface area contributed by atoms with E-state index in [1.54, 1.807) is 18.7 Å². The SMILES string of the molecule is CCCNC(C)(CC(C)SCC)C(=O)O. The summed E-state index contributed by atoms with van der Waals surface area (Å²) in [5.41, 5.74) is -0.780. The van der Waals surface area contributed by atoms with Crippen molar-refractivity contribution < 1.29 is 9.90 Å². The van der Waals surface area contributed by atoms with Gasteiger partial charge in [0, 0.05) is 5.25 Å². The highest BCUT2D eigenvalue weighted by Gasteiger charge is 2.33. The first-order valence-corrected chi connectivity index (χ1v) is 6.61. The van der Waals surface area contributed by atoms with Crippen LogP contribution in [0.2, 0.25) is 0 Å². The predicted molar refractivity (Wildman–Crippen MR) is 66.5 cm³/mol. The highest BCUT2D eigenvalue weighted by atomic mass is 32.2. The minimum Gasteiger partial charge on any atom is -0.480 e. The van der Waals surface area contributed by atoms with Gasteiger partial charge in [0.1, 0.15) is 5.54 Å². The first kappa shape index (κ1) is 14.8. The van der Waals surface area contributed by atoms with Gasteiger partial charge in [0.25, 0.3) is 0 Å². The molecule has 90 valence electrons. The van der Waals surface area contributed by atoms with Gasteiger partial charge >= 0.3 is 5.97 Å². The topological polar surface area (TPSA) is 49.3 Å². The van der Waals surface area contributed by atoms with E-state index in [1.165, 1.54) is 0 Å². The largest absolute Gasteiger partial charge is 0.480 e. The van der Waals surface area contributed by atoms with E-state index in [9.17, 15) is 9.90 Å². The van der Waals surface area contributed by atoms with E-state index < -0.39 is 11.5 Å². The third-order valence-electron chi connectivity index (χ3n) is 2.38. The highest BCUT2D eigenvalue weighted by molar-refractivity contribution is 7.99. The summed E-state index contributed by atoms with van der Waals surface area (Å²) in [4.78, 5) is 11.2. The van der Waals surface area contributed by atoms with Crippen molar-refractivity contribution in [2.24, 2.45) is 0 Å². The number of carboxylic acids is 1. The molecule has 0 radical (unpaired) electrons. The molecule has 0 aliphatic rings. The molecule has 0 spiro atoms. The molecule has 0 aromatic carbocycles. The molecule has 15 heavy (non-hydrogen) atoms. The van der Waals surface area contributed by atoms with Gasteiger partial charge in [-0.15, -0.1) is 0 Å². The monoisotopic (exact) mass is 233 g/mol. The second-order valence-electron chi connectivity index (χ2n) is 4.03. The zero-order valence-corrected chi connectivity index (χ0v) is 11.0. The first-order valence-electron chi connectivity index (χ1n) is 5.56. The van der Waals surface area contributed by atoms with Crippen LogP contribution in [0.4, 0.5) is 0 Å². The molecule has 0 bridgehead atoms. The molecule has 0 aliphatic carbocycles. The van der Waals surface area contributed by atoms with Crippen molar-refractivity contribution in [1.82, 2.24) is 5.32 Å². The third-order valence-corrected chi connectivity index (χ3v) is 3.45. The molecular formula is C11H23NO2S. The summed E-state index contributed by atoms with van der Waals surface area (Å²) in [6.07, 6.45) is 1.62. The maximum absolute atomic E-state index is 11.2. The van der Waals surface area contributed by atoms with Crippen LogP contribution in [-0.2, 0) is 4.79 Å². The molecule has 0 aromatic heterocycles. The lowest BCUT2D eigenvalue weighted by Crippen LogP contribution is -2.51. The Balaban J connectivity index is 4.30. The molecule has 0 aliphatic heterocycles. The molecule has 0 saturated heterocycles. The Morgan fingerprint density at radius 1 is 1.53 bits per heavy atom. The Morgan fingerprint density at radius 3 is 2.53 bits per heavy atom. The summed E-state index contributed by atoms with van der Waals surface area (Å²) in [6, 6.07) is 0. The van der Waals surface area contributed by atoms with Gasteiger partial charge in [-0.05, 0) is 32.1 Å². The van der Waals surface area contributed by atoms with E-state index in [-0.39, 0.29) is 0 Å². The molecule has 0 aromatic rings. The number of thioether (sulfide) groups is 1. The minimum absolute atomic E-state index is 0.375. The fraction of sp³-hybridized carbons (Fsp3) is 0.909. The van der Waals surface area contributed by atoms with Gasteiger partial charge < -0.3 is 10.4 Å². The lowest BCUT2D eigenvalue weighted by molar-refractivity contribution is -0.144. The van der Waals surface area contributed by atoms with Crippen LogP contribution in [0.5, 0.6) is 0 Å². The summed E-state index contributed by atoms with van der Waals surface area (Å²) in [5.74, 6) is 0.282. The van der Waals surface area contributed by atoms with E-state index in [4.69, 9.17) is 0 Å². The van der Waals surface area contributed by atoms with Crippen LogP contribution in [0.25, 0.3) is 0 Å². The lowest BCUT2D eigenvalue weighted by atomic mass is 9.96. The number of aliphatic carboxylic acids is 1. The summed E-state index contributed by atoms with van der Waals surface area (Å²) in [5, 5.41) is 12.7. The molecule has 2 N–H and O–H groups in total. The van der Waals surface area contributed by atoms with Gasteiger partial charge in [-0.2, -0.15) is 11.8 Å². The zero-order valence-electron chi connectivity index (χ0n) is 10.2. The van der Waals surface area contributed by atoms with Crippen LogP contribution in [0, 0.1) is 0 Å². The zero-order chi connectivity index (χ0) is 11.9. The summed E-state index contributed by atoms with van der Waals surface area (Å²) in [6.45, 7) is 8.76. The highest BCUT2D eigenvalue weighted by Crippen LogP contribution is 2.22. The fourth-order valence-corrected chi connectivity index (χ4v) is 2.57. The van der Waals surface area contributed by atoms with Crippen LogP contribution in [0.15, 0.2) is 0 Å². The van der Waals surface area contributed by atoms with Gasteiger partial charge in [0.05, 0.1) is 0 Å².